The fraction of sp³-hybridized carbons (Fsp3) is 0.316. The van der Waals surface area contributed by atoms with Crippen LogP contribution in [0.25, 0.3) is 16.6 Å². The highest BCUT2D eigenvalue weighted by Crippen LogP contribution is 2.17. The van der Waals surface area contributed by atoms with Crippen molar-refractivity contribution in [3.05, 3.63) is 46.4 Å². The molecule has 1 aliphatic heterocycles. The van der Waals surface area contributed by atoms with E-state index < -0.39 is 5.91 Å². The van der Waals surface area contributed by atoms with Crippen molar-refractivity contribution in [2.75, 3.05) is 13.1 Å². The van der Waals surface area contributed by atoms with Gasteiger partial charge in [-0.15, -0.1) is 5.10 Å². The Morgan fingerprint density at radius 2 is 1.86 bits per heavy atom. The van der Waals surface area contributed by atoms with Gasteiger partial charge in [0.15, 0.2) is 5.65 Å². The van der Waals surface area contributed by atoms with Crippen LogP contribution >= 0.6 is 0 Å². The van der Waals surface area contributed by atoms with Gasteiger partial charge in [0.1, 0.15) is 6.54 Å². The van der Waals surface area contributed by atoms with Crippen molar-refractivity contribution in [1.29, 1.82) is 0 Å². The van der Waals surface area contributed by atoms with Gasteiger partial charge in [-0.25, -0.2) is 13.9 Å². The van der Waals surface area contributed by atoms with E-state index in [0.29, 0.717) is 5.65 Å². The van der Waals surface area contributed by atoms with Crippen molar-refractivity contribution in [3.8, 4) is 0 Å². The highest BCUT2D eigenvalue weighted by Gasteiger charge is 2.30. The van der Waals surface area contributed by atoms with Crippen molar-refractivity contribution in [2.45, 2.75) is 26.3 Å². The molecule has 0 aliphatic carbocycles. The molecule has 2 aromatic heterocycles. The molecule has 3 heterocycles. The third-order valence-electron chi connectivity index (χ3n) is 4.84. The largest absolute Gasteiger partial charge is 0.353 e. The van der Waals surface area contributed by atoms with Crippen LogP contribution in [0.2, 0.25) is 0 Å². The minimum absolute atomic E-state index is 0.149. The lowest BCUT2D eigenvalue weighted by Crippen LogP contribution is -2.41. The summed E-state index contributed by atoms with van der Waals surface area (Å²) in [6, 6.07) is 9.55. The Balaban J connectivity index is 1.49. The first kappa shape index (κ1) is 17.9. The van der Waals surface area contributed by atoms with Crippen LogP contribution < -0.4 is 11.0 Å². The quantitative estimate of drug-likeness (QED) is 0.637. The molecular weight excluding hydrogens is 362 g/mol. The van der Waals surface area contributed by atoms with Crippen LogP contribution in [-0.4, -0.2) is 49.9 Å². The zero-order valence-electron chi connectivity index (χ0n) is 15.3. The number of benzene rings is 1. The number of rotatable bonds is 5. The molecule has 0 bridgehead atoms. The Hall–Kier alpha value is -3.49. The van der Waals surface area contributed by atoms with Crippen molar-refractivity contribution in [2.24, 2.45) is 0 Å². The van der Waals surface area contributed by atoms with Crippen LogP contribution in [0.3, 0.4) is 0 Å². The molecule has 9 nitrogen and oxygen atoms in total. The number of amides is 3. The second-order valence-corrected chi connectivity index (χ2v) is 6.77. The lowest BCUT2D eigenvalue weighted by molar-refractivity contribution is -0.142. The van der Waals surface area contributed by atoms with Gasteiger partial charge in [-0.3, -0.25) is 19.3 Å². The van der Waals surface area contributed by atoms with E-state index in [1.807, 2.05) is 37.3 Å². The first-order valence-electron chi connectivity index (χ1n) is 9.03. The fourth-order valence-electron chi connectivity index (χ4n) is 3.44. The molecular formula is C19H19N5O4. The monoisotopic (exact) mass is 381 g/mol. The summed E-state index contributed by atoms with van der Waals surface area (Å²) in [5, 5.41) is 7.96. The average Bonchev–Trinajstić information content (AvgIpc) is 3.17. The number of carbonyl (C=O) groups is 3. The van der Waals surface area contributed by atoms with Gasteiger partial charge in [0.2, 0.25) is 17.7 Å². The summed E-state index contributed by atoms with van der Waals surface area (Å²) in [7, 11) is 0. The molecule has 1 saturated heterocycles. The number of likely N-dealkylation sites (tertiary alicyclic amines) is 1. The Morgan fingerprint density at radius 3 is 2.61 bits per heavy atom. The zero-order valence-corrected chi connectivity index (χ0v) is 15.3. The first-order valence-corrected chi connectivity index (χ1v) is 9.03. The van der Waals surface area contributed by atoms with Crippen molar-refractivity contribution in [1.82, 2.24) is 24.4 Å². The number of aryl methyl sites for hydroxylation is 1. The summed E-state index contributed by atoms with van der Waals surface area (Å²) in [5.41, 5.74) is 1.94. The second-order valence-electron chi connectivity index (χ2n) is 6.77. The molecule has 3 amide bonds. The molecule has 3 aromatic rings. The van der Waals surface area contributed by atoms with Gasteiger partial charge in [0.05, 0.1) is 12.1 Å². The van der Waals surface area contributed by atoms with Gasteiger partial charge in [0.25, 0.3) is 0 Å². The van der Waals surface area contributed by atoms with E-state index >= 15 is 0 Å². The number of para-hydroxylation sites is 1. The Bertz CT molecular complexity index is 1160. The van der Waals surface area contributed by atoms with Crippen LogP contribution in [0.1, 0.15) is 18.4 Å². The first-order chi connectivity index (χ1) is 13.5. The Morgan fingerprint density at radius 1 is 1.14 bits per heavy atom. The van der Waals surface area contributed by atoms with E-state index in [1.165, 1.54) is 4.68 Å². The van der Waals surface area contributed by atoms with Gasteiger partial charge < -0.3 is 5.32 Å². The highest BCUT2D eigenvalue weighted by atomic mass is 16.2. The van der Waals surface area contributed by atoms with Crippen molar-refractivity contribution in [3.63, 3.8) is 0 Å². The van der Waals surface area contributed by atoms with E-state index in [1.54, 1.807) is 4.40 Å². The topological polar surface area (TPSA) is 106 Å². The number of nitrogens with zero attached hydrogens (tertiary/aromatic N) is 4. The molecule has 0 radical (unpaired) electrons. The lowest BCUT2D eigenvalue weighted by Gasteiger charge is -2.13. The predicted octanol–water partition coefficient (Wildman–Crippen LogP) is 0.223. The van der Waals surface area contributed by atoms with Crippen LogP contribution in [0.15, 0.2) is 35.1 Å². The standard InChI is InChI=1S/C19H19N5O4/c1-12-10-13-4-2-3-5-14(13)24-18(12)21-23(19(24)28)9-8-20-15(25)11-22-16(26)6-7-17(22)27/h2-5,10H,6-9,11H2,1H3,(H,20,25). The van der Waals surface area contributed by atoms with Gasteiger partial charge in [0, 0.05) is 19.4 Å². The molecule has 0 saturated carbocycles. The van der Waals surface area contributed by atoms with E-state index in [4.69, 9.17) is 0 Å². The fourth-order valence-corrected chi connectivity index (χ4v) is 3.44. The minimum atomic E-state index is -0.443. The lowest BCUT2D eigenvalue weighted by atomic mass is 10.1. The number of imide groups is 1. The number of carbonyl (C=O) groups excluding carboxylic acids is 3. The van der Waals surface area contributed by atoms with Crippen LogP contribution in [-0.2, 0) is 20.9 Å². The highest BCUT2D eigenvalue weighted by molar-refractivity contribution is 6.04. The Labute approximate surface area is 159 Å². The maximum Gasteiger partial charge on any atom is 0.350 e. The number of nitrogens with one attached hydrogen (secondary N) is 1. The summed E-state index contributed by atoms with van der Waals surface area (Å²) in [6.07, 6.45) is 0.298. The normalized spacial score (nSPS) is 14.4. The Kier molecular flexibility index (Phi) is 4.42. The van der Waals surface area contributed by atoms with Gasteiger partial charge >= 0.3 is 5.69 Å². The molecule has 9 heteroatoms. The summed E-state index contributed by atoms with van der Waals surface area (Å²) < 4.78 is 2.87. The number of hydrogen-bond acceptors (Lipinski definition) is 5. The summed E-state index contributed by atoms with van der Waals surface area (Å²) >= 11 is 0. The summed E-state index contributed by atoms with van der Waals surface area (Å²) in [5.74, 6) is -1.11. The third kappa shape index (κ3) is 3.04. The van der Waals surface area contributed by atoms with E-state index in [-0.39, 0.29) is 50.0 Å². The molecule has 1 aromatic carbocycles. The van der Waals surface area contributed by atoms with E-state index in [9.17, 15) is 19.2 Å². The number of hydrogen-bond donors (Lipinski definition) is 1. The molecule has 0 unspecified atom stereocenters. The van der Waals surface area contributed by atoms with Gasteiger partial charge in [-0.1, -0.05) is 18.2 Å². The zero-order chi connectivity index (χ0) is 19.8. The smallest absolute Gasteiger partial charge is 0.350 e. The second kappa shape index (κ2) is 6.91. The molecule has 144 valence electrons. The summed E-state index contributed by atoms with van der Waals surface area (Å²) in [4.78, 5) is 48.9. The molecule has 4 rings (SSSR count). The molecule has 0 atom stereocenters. The van der Waals surface area contributed by atoms with E-state index in [0.717, 1.165) is 21.4 Å². The minimum Gasteiger partial charge on any atom is -0.353 e. The van der Waals surface area contributed by atoms with Crippen molar-refractivity contribution < 1.29 is 14.4 Å². The maximum absolute atomic E-state index is 12.8. The number of fused-ring (bicyclic) bond motifs is 3. The number of aromatic nitrogens is 3. The molecule has 1 fully saturated rings. The average molecular weight is 381 g/mol. The van der Waals surface area contributed by atoms with Crippen molar-refractivity contribution >= 4 is 34.3 Å². The summed E-state index contributed by atoms with van der Waals surface area (Å²) in [6.45, 7) is 1.95. The number of pyridine rings is 1. The van der Waals surface area contributed by atoms with Gasteiger partial charge in [-0.05, 0) is 30.0 Å². The predicted molar refractivity (Wildman–Crippen MR) is 101 cm³/mol. The maximum atomic E-state index is 12.8. The van der Waals surface area contributed by atoms with Crippen LogP contribution in [0, 0.1) is 6.92 Å². The third-order valence-corrected chi connectivity index (χ3v) is 4.84. The molecule has 0 spiro atoms. The van der Waals surface area contributed by atoms with Crippen LogP contribution in [0.4, 0.5) is 0 Å². The van der Waals surface area contributed by atoms with E-state index in [2.05, 4.69) is 10.4 Å². The molecule has 28 heavy (non-hydrogen) atoms. The molecule has 1 N–H and O–H groups in total. The molecule has 1 aliphatic rings. The van der Waals surface area contributed by atoms with Gasteiger partial charge in [-0.2, -0.15) is 0 Å². The van der Waals surface area contributed by atoms with Crippen LogP contribution in [0.5, 0.6) is 0 Å². The SMILES string of the molecule is Cc1cc2ccccc2n2c(=O)n(CCNC(=O)CN3C(=O)CCC3=O)nc12.